The summed E-state index contributed by atoms with van der Waals surface area (Å²) in [6.07, 6.45) is 0. The van der Waals surface area contributed by atoms with Crippen molar-refractivity contribution in [1.82, 2.24) is 5.32 Å². The molecule has 1 N–H and O–H groups in total. The third-order valence-corrected chi connectivity index (χ3v) is 5.37. The van der Waals surface area contributed by atoms with E-state index < -0.39 is 0 Å². The molecule has 3 aromatic rings. The minimum absolute atomic E-state index is 0.109. The molecule has 1 unspecified atom stereocenters. The Hall–Kier alpha value is -2.82. The fourth-order valence-electron chi connectivity index (χ4n) is 3.52. The topological polar surface area (TPSA) is 41.6 Å². The molecule has 4 nitrogen and oxygen atoms in total. The maximum atomic E-state index is 13.0. The van der Waals surface area contributed by atoms with Crippen molar-refractivity contribution in [2.45, 2.75) is 6.04 Å². The van der Waals surface area contributed by atoms with Crippen LogP contribution < -0.4 is 10.2 Å². The van der Waals surface area contributed by atoms with Gasteiger partial charge in [0.25, 0.3) is 5.91 Å². The van der Waals surface area contributed by atoms with E-state index in [2.05, 4.69) is 10.2 Å². The first-order valence-corrected chi connectivity index (χ1v) is 10.1. The Bertz CT molecular complexity index is 937. The summed E-state index contributed by atoms with van der Waals surface area (Å²) in [5, 5.41) is 3.84. The number of ether oxygens (including phenoxy) is 1. The first-order valence-electron chi connectivity index (χ1n) is 9.75. The van der Waals surface area contributed by atoms with Crippen molar-refractivity contribution >= 4 is 23.2 Å². The monoisotopic (exact) mass is 406 g/mol. The van der Waals surface area contributed by atoms with Crippen LogP contribution in [-0.2, 0) is 4.74 Å². The molecular weight excluding hydrogens is 384 g/mol. The van der Waals surface area contributed by atoms with Crippen LogP contribution >= 0.6 is 11.6 Å². The lowest BCUT2D eigenvalue weighted by atomic mass is 9.98. The SMILES string of the molecule is O=C(NC(c1ccccc1)c1ccc(Cl)cc1)c1ccc(N2CCOCC2)cc1. The molecule has 1 amide bonds. The van der Waals surface area contributed by atoms with Gasteiger partial charge in [-0.1, -0.05) is 54.1 Å². The summed E-state index contributed by atoms with van der Waals surface area (Å²) in [5.74, 6) is -0.109. The number of carbonyl (C=O) groups excluding carboxylic acids is 1. The molecule has 4 rings (SSSR count). The molecule has 1 aliphatic heterocycles. The molecule has 3 aromatic carbocycles. The van der Waals surface area contributed by atoms with E-state index in [9.17, 15) is 4.79 Å². The summed E-state index contributed by atoms with van der Waals surface area (Å²) < 4.78 is 5.40. The number of anilines is 1. The number of hydrogen-bond donors (Lipinski definition) is 1. The van der Waals surface area contributed by atoms with E-state index in [0.29, 0.717) is 10.6 Å². The molecule has 29 heavy (non-hydrogen) atoms. The average molecular weight is 407 g/mol. The molecule has 1 fully saturated rings. The number of morpholine rings is 1. The molecule has 148 valence electrons. The van der Waals surface area contributed by atoms with Crippen LogP contribution in [0, 0.1) is 0 Å². The Morgan fingerprint density at radius 1 is 0.862 bits per heavy atom. The largest absolute Gasteiger partial charge is 0.378 e. The van der Waals surface area contributed by atoms with Crippen LogP contribution in [0.1, 0.15) is 27.5 Å². The number of rotatable bonds is 5. The number of halogens is 1. The predicted octanol–water partition coefficient (Wildman–Crippen LogP) is 4.70. The summed E-state index contributed by atoms with van der Waals surface area (Å²) in [6, 6.07) is 25.0. The number of amides is 1. The first-order chi connectivity index (χ1) is 14.2. The van der Waals surface area contributed by atoms with Crippen LogP contribution in [0.25, 0.3) is 0 Å². The fraction of sp³-hybridized carbons (Fsp3) is 0.208. The summed E-state index contributed by atoms with van der Waals surface area (Å²) in [4.78, 5) is 15.3. The van der Waals surface area contributed by atoms with E-state index in [0.717, 1.165) is 43.1 Å². The van der Waals surface area contributed by atoms with Crippen molar-refractivity contribution in [2.24, 2.45) is 0 Å². The Morgan fingerprint density at radius 3 is 2.14 bits per heavy atom. The molecule has 0 saturated carbocycles. The quantitative estimate of drug-likeness (QED) is 0.668. The molecular formula is C24H23ClN2O2. The lowest BCUT2D eigenvalue weighted by Gasteiger charge is -2.29. The average Bonchev–Trinajstić information content (AvgIpc) is 2.79. The van der Waals surface area contributed by atoms with Crippen molar-refractivity contribution < 1.29 is 9.53 Å². The Balaban J connectivity index is 1.54. The van der Waals surface area contributed by atoms with Crippen LogP contribution in [-0.4, -0.2) is 32.2 Å². The molecule has 5 heteroatoms. The van der Waals surface area contributed by atoms with E-state index in [1.165, 1.54) is 0 Å². The highest BCUT2D eigenvalue weighted by Crippen LogP contribution is 2.24. The van der Waals surface area contributed by atoms with Crippen molar-refractivity contribution in [3.05, 3.63) is 101 Å². The van der Waals surface area contributed by atoms with Crippen molar-refractivity contribution in [3.63, 3.8) is 0 Å². The molecule has 1 aliphatic rings. The smallest absolute Gasteiger partial charge is 0.252 e. The van der Waals surface area contributed by atoms with E-state index in [4.69, 9.17) is 16.3 Å². The van der Waals surface area contributed by atoms with Gasteiger partial charge < -0.3 is 15.0 Å². The Morgan fingerprint density at radius 2 is 1.48 bits per heavy atom. The van der Waals surface area contributed by atoms with Crippen LogP contribution in [0.2, 0.25) is 5.02 Å². The number of nitrogens with one attached hydrogen (secondary N) is 1. The van der Waals surface area contributed by atoms with Gasteiger partial charge in [0.2, 0.25) is 0 Å². The second-order valence-corrected chi connectivity index (χ2v) is 7.45. The number of benzene rings is 3. The lowest BCUT2D eigenvalue weighted by molar-refractivity contribution is 0.0943. The van der Waals surface area contributed by atoms with Gasteiger partial charge in [0.15, 0.2) is 0 Å². The highest BCUT2D eigenvalue weighted by Gasteiger charge is 2.18. The third-order valence-electron chi connectivity index (χ3n) is 5.12. The van der Waals surface area contributed by atoms with Crippen LogP contribution in [0.15, 0.2) is 78.9 Å². The lowest BCUT2D eigenvalue weighted by Crippen LogP contribution is -2.36. The number of nitrogens with zero attached hydrogens (tertiary/aromatic N) is 1. The molecule has 0 aliphatic carbocycles. The van der Waals surface area contributed by atoms with E-state index in [1.807, 2.05) is 78.9 Å². The molecule has 1 atom stereocenters. The van der Waals surface area contributed by atoms with Crippen LogP contribution in [0.5, 0.6) is 0 Å². The summed E-state index contributed by atoms with van der Waals surface area (Å²) >= 11 is 6.04. The van der Waals surface area contributed by atoms with Gasteiger partial charge in [-0.3, -0.25) is 4.79 Å². The highest BCUT2D eigenvalue weighted by atomic mass is 35.5. The predicted molar refractivity (Wildman–Crippen MR) is 117 cm³/mol. The first kappa shape index (κ1) is 19.5. The van der Waals surface area contributed by atoms with Crippen LogP contribution in [0.4, 0.5) is 5.69 Å². The molecule has 0 bridgehead atoms. The standard InChI is InChI=1S/C24H23ClN2O2/c25-21-10-6-19(7-11-21)23(18-4-2-1-3-5-18)26-24(28)20-8-12-22(13-9-20)27-14-16-29-17-15-27/h1-13,23H,14-17H2,(H,26,28). The van der Waals surface area contributed by atoms with Gasteiger partial charge in [0.05, 0.1) is 19.3 Å². The van der Waals surface area contributed by atoms with Gasteiger partial charge >= 0.3 is 0 Å². The number of carbonyl (C=O) groups is 1. The summed E-state index contributed by atoms with van der Waals surface area (Å²) in [6.45, 7) is 3.22. The summed E-state index contributed by atoms with van der Waals surface area (Å²) in [5.41, 5.74) is 3.76. The second kappa shape index (κ2) is 9.12. The van der Waals surface area contributed by atoms with Gasteiger partial charge in [0, 0.05) is 29.4 Å². The van der Waals surface area contributed by atoms with Crippen molar-refractivity contribution in [3.8, 4) is 0 Å². The van der Waals surface area contributed by atoms with Gasteiger partial charge in [0.1, 0.15) is 0 Å². The molecule has 1 heterocycles. The van der Waals surface area contributed by atoms with E-state index in [1.54, 1.807) is 0 Å². The van der Waals surface area contributed by atoms with Gasteiger partial charge in [-0.05, 0) is 47.5 Å². The van der Waals surface area contributed by atoms with Crippen molar-refractivity contribution in [2.75, 3.05) is 31.2 Å². The molecule has 1 saturated heterocycles. The zero-order chi connectivity index (χ0) is 20.1. The molecule has 0 radical (unpaired) electrons. The van der Waals surface area contributed by atoms with Gasteiger partial charge in [-0.2, -0.15) is 0 Å². The maximum absolute atomic E-state index is 13.0. The Labute approximate surface area is 176 Å². The second-order valence-electron chi connectivity index (χ2n) is 7.02. The minimum Gasteiger partial charge on any atom is -0.378 e. The zero-order valence-electron chi connectivity index (χ0n) is 16.1. The van der Waals surface area contributed by atoms with Gasteiger partial charge in [-0.25, -0.2) is 0 Å². The molecule has 0 aromatic heterocycles. The number of hydrogen-bond acceptors (Lipinski definition) is 3. The molecule has 0 spiro atoms. The fourth-order valence-corrected chi connectivity index (χ4v) is 3.65. The zero-order valence-corrected chi connectivity index (χ0v) is 16.8. The van der Waals surface area contributed by atoms with Crippen LogP contribution in [0.3, 0.4) is 0 Å². The van der Waals surface area contributed by atoms with E-state index in [-0.39, 0.29) is 11.9 Å². The normalized spacial score (nSPS) is 15.0. The maximum Gasteiger partial charge on any atom is 0.252 e. The summed E-state index contributed by atoms with van der Waals surface area (Å²) in [7, 11) is 0. The van der Waals surface area contributed by atoms with Crippen molar-refractivity contribution in [1.29, 1.82) is 0 Å². The Kier molecular flexibility index (Phi) is 6.13. The highest BCUT2D eigenvalue weighted by molar-refractivity contribution is 6.30. The van der Waals surface area contributed by atoms with Gasteiger partial charge in [-0.15, -0.1) is 0 Å². The van der Waals surface area contributed by atoms with E-state index >= 15 is 0 Å². The third kappa shape index (κ3) is 4.78. The minimum atomic E-state index is -0.250.